The van der Waals surface area contributed by atoms with Crippen molar-refractivity contribution in [2.24, 2.45) is 11.0 Å². The van der Waals surface area contributed by atoms with Crippen LogP contribution >= 0.6 is 0 Å². The number of amides is 1. The maximum absolute atomic E-state index is 11.4. The summed E-state index contributed by atoms with van der Waals surface area (Å²) < 4.78 is 5.81. The third-order valence-corrected chi connectivity index (χ3v) is 3.75. The molecule has 1 amide bonds. The van der Waals surface area contributed by atoms with Crippen molar-refractivity contribution in [2.75, 3.05) is 0 Å². The molecule has 0 aliphatic carbocycles. The second kappa shape index (κ2) is 5.28. The van der Waals surface area contributed by atoms with Crippen molar-refractivity contribution < 1.29 is 9.21 Å². The molecule has 3 aromatic rings. The SMILES string of the molecule is CC1CC(=O)NN=C1c1ccc2nc(-c3cncnc3)oc2c1. The molecule has 1 unspecified atom stereocenters. The molecule has 114 valence electrons. The minimum Gasteiger partial charge on any atom is -0.436 e. The maximum Gasteiger partial charge on any atom is 0.240 e. The standard InChI is InChI=1S/C16H13N5O2/c1-9-4-14(22)20-21-15(9)10-2-3-12-13(5-10)23-16(19-12)11-6-17-8-18-7-11/h2-3,5-9H,4H2,1H3,(H,20,22). The summed E-state index contributed by atoms with van der Waals surface area (Å²) >= 11 is 0. The summed E-state index contributed by atoms with van der Waals surface area (Å²) in [6.07, 6.45) is 5.20. The van der Waals surface area contributed by atoms with E-state index in [1.54, 1.807) is 12.4 Å². The Morgan fingerprint density at radius 2 is 2.04 bits per heavy atom. The number of hydrogen-bond acceptors (Lipinski definition) is 6. The molecular formula is C16H13N5O2. The van der Waals surface area contributed by atoms with Gasteiger partial charge in [0.2, 0.25) is 11.8 Å². The van der Waals surface area contributed by atoms with E-state index in [4.69, 9.17) is 4.42 Å². The van der Waals surface area contributed by atoms with Crippen molar-refractivity contribution in [1.29, 1.82) is 0 Å². The fourth-order valence-corrected chi connectivity index (χ4v) is 2.62. The Balaban J connectivity index is 1.75. The highest BCUT2D eigenvalue weighted by Gasteiger charge is 2.22. The highest BCUT2D eigenvalue weighted by molar-refractivity contribution is 6.07. The fourth-order valence-electron chi connectivity index (χ4n) is 2.62. The Bertz CT molecular complexity index is 917. The van der Waals surface area contributed by atoms with Gasteiger partial charge in [0.05, 0.1) is 11.3 Å². The van der Waals surface area contributed by atoms with Gasteiger partial charge in [-0.1, -0.05) is 13.0 Å². The predicted molar refractivity (Wildman–Crippen MR) is 83.5 cm³/mol. The summed E-state index contributed by atoms with van der Waals surface area (Å²) in [4.78, 5) is 23.7. The zero-order valence-corrected chi connectivity index (χ0v) is 12.4. The summed E-state index contributed by atoms with van der Waals surface area (Å²) in [5, 5.41) is 4.17. The third-order valence-electron chi connectivity index (χ3n) is 3.75. The van der Waals surface area contributed by atoms with Gasteiger partial charge in [0.1, 0.15) is 11.8 Å². The van der Waals surface area contributed by atoms with Crippen molar-refractivity contribution in [3.8, 4) is 11.5 Å². The van der Waals surface area contributed by atoms with Gasteiger partial charge in [0.15, 0.2) is 5.58 Å². The third kappa shape index (κ3) is 2.46. The molecule has 2 aromatic heterocycles. The van der Waals surface area contributed by atoms with Crippen LogP contribution in [-0.4, -0.2) is 26.6 Å². The first-order valence-electron chi connectivity index (χ1n) is 7.23. The highest BCUT2D eigenvalue weighted by Crippen LogP contribution is 2.25. The number of oxazole rings is 1. The predicted octanol–water partition coefficient (Wildman–Crippen LogP) is 2.14. The molecule has 0 saturated carbocycles. The van der Waals surface area contributed by atoms with Gasteiger partial charge in [0, 0.05) is 30.3 Å². The lowest BCUT2D eigenvalue weighted by Crippen LogP contribution is -2.31. The minimum absolute atomic E-state index is 0.0612. The Morgan fingerprint density at radius 3 is 2.83 bits per heavy atom. The number of hydrogen-bond donors (Lipinski definition) is 1. The molecule has 0 radical (unpaired) electrons. The Labute approximate surface area is 131 Å². The number of fused-ring (bicyclic) bond motifs is 1. The maximum atomic E-state index is 11.4. The summed E-state index contributed by atoms with van der Waals surface area (Å²) in [5.74, 6) is 0.476. The average molecular weight is 307 g/mol. The van der Waals surface area contributed by atoms with Gasteiger partial charge in [-0.15, -0.1) is 0 Å². The first-order valence-corrected chi connectivity index (χ1v) is 7.23. The normalized spacial score (nSPS) is 17.9. The quantitative estimate of drug-likeness (QED) is 0.783. The van der Waals surface area contributed by atoms with E-state index in [1.807, 2.05) is 25.1 Å². The first kappa shape index (κ1) is 13.6. The molecule has 1 aromatic carbocycles. The Kier molecular flexibility index (Phi) is 3.11. The van der Waals surface area contributed by atoms with Gasteiger partial charge in [-0.3, -0.25) is 4.79 Å². The van der Waals surface area contributed by atoms with Gasteiger partial charge in [0.25, 0.3) is 0 Å². The number of nitrogens with zero attached hydrogens (tertiary/aromatic N) is 4. The van der Waals surface area contributed by atoms with E-state index in [0.29, 0.717) is 17.9 Å². The van der Waals surface area contributed by atoms with Gasteiger partial charge >= 0.3 is 0 Å². The van der Waals surface area contributed by atoms with Crippen molar-refractivity contribution in [3.63, 3.8) is 0 Å². The summed E-state index contributed by atoms with van der Waals surface area (Å²) in [7, 11) is 0. The number of hydrazone groups is 1. The van der Waals surface area contributed by atoms with Crippen LogP contribution in [-0.2, 0) is 4.79 Å². The highest BCUT2D eigenvalue weighted by atomic mass is 16.3. The smallest absolute Gasteiger partial charge is 0.240 e. The summed E-state index contributed by atoms with van der Waals surface area (Å²) in [6.45, 7) is 1.98. The second-order valence-corrected chi connectivity index (χ2v) is 5.47. The molecule has 1 aliphatic heterocycles. The van der Waals surface area contributed by atoms with Crippen molar-refractivity contribution in [3.05, 3.63) is 42.5 Å². The molecule has 1 atom stereocenters. The molecule has 1 aliphatic rings. The van der Waals surface area contributed by atoms with Crippen LogP contribution in [0.5, 0.6) is 0 Å². The molecule has 23 heavy (non-hydrogen) atoms. The number of rotatable bonds is 2. The molecule has 0 fully saturated rings. The van der Waals surface area contributed by atoms with E-state index in [0.717, 1.165) is 22.4 Å². The molecule has 0 spiro atoms. The van der Waals surface area contributed by atoms with Crippen LogP contribution in [0.25, 0.3) is 22.6 Å². The van der Waals surface area contributed by atoms with E-state index >= 15 is 0 Å². The van der Waals surface area contributed by atoms with Crippen LogP contribution < -0.4 is 5.43 Å². The van der Waals surface area contributed by atoms with Crippen molar-refractivity contribution in [2.45, 2.75) is 13.3 Å². The lowest BCUT2D eigenvalue weighted by molar-refractivity contribution is -0.121. The number of carbonyl (C=O) groups is 1. The molecule has 0 saturated heterocycles. The van der Waals surface area contributed by atoms with Crippen LogP contribution in [0.1, 0.15) is 18.9 Å². The fraction of sp³-hybridized carbons (Fsp3) is 0.188. The zero-order valence-electron chi connectivity index (χ0n) is 12.4. The molecule has 7 nitrogen and oxygen atoms in total. The molecule has 0 bridgehead atoms. The van der Waals surface area contributed by atoms with Gasteiger partial charge in [-0.2, -0.15) is 5.10 Å². The van der Waals surface area contributed by atoms with Crippen LogP contribution in [0.2, 0.25) is 0 Å². The molecular weight excluding hydrogens is 294 g/mol. The summed E-state index contributed by atoms with van der Waals surface area (Å²) in [5.41, 5.74) is 6.41. The average Bonchev–Trinajstić information content (AvgIpc) is 2.99. The van der Waals surface area contributed by atoms with E-state index in [2.05, 4.69) is 25.5 Å². The topological polar surface area (TPSA) is 93.3 Å². The van der Waals surface area contributed by atoms with Crippen LogP contribution in [0, 0.1) is 5.92 Å². The molecule has 1 N–H and O–H groups in total. The lowest BCUT2D eigenvalue weighted by atomic mass is 9.94. The minimum atomic E-state index is -0.0617. The Hall–Kier alpha value is -3.09. The zero-order chi connectivity index (χ0) is 15.8. The van der Waals surface area contributed by atoms with Gasteiger partial charge < -0.3 is 4.42 Å². The molecule has 3 heterocycles. The van der Waals surface area contributed by atoms with E-state index in [-0.39, 0.29) is 11.8 Å². The number of benzene rings is 1. The molecule has 4 rings (SSSR count). The summed E-state index contributed by atoms with van der Waals surface area (Å²) in [6, 6.07) is 5.71. The lowest BCUT2D eigenvalue weighted by Gasteiger charge is -2.18. The Morgan fingerprint density at radius 1 is 1.22 bits per heavy atom. The largest absolute Gasteiger partial charge is 0.436 e. The monoisotopic (exact) mass is 307 g/mol. The number of carbonyl (C=O) groups excluding carboxylic acids is 1. The second-order valence-electron chi connectivity index (χ2n) is 5.47. The van der Waals surface area contributed by atoms with Gasteiger partial charge in [-0.05, 0) is 12.1 Å². The molecule has 7 heteroatoms. The van der Waals surface area contributed by atoms with Gasteiger partial charge in [-0.25, -0.2) is 20.4 Å². The van der Waals surface area contributed by atoms with Crippen molar-refractivity contribution >= 4 is 22.7 Å². The van der Waals surface area contributed by atoms with E-state index in [9.17, 15) is 4.79 Å². The first-order chi connectivity index (χ1) is 11.2. The number of aromatic nitrogens is 3. The number of nitrogens with one attached hydrogen (secondary N) is 1. The van der Waals surface area contributed by atoms with Crippen LogP contribution in [0.4, 0.5) is 0 Å². The van der Waals surface area contributed by atoms with E-state index in [1.165, 1.54) is 6.33 Å². The van der Waals surface area contributed by atoms with Crippen LogP contribution in [0.3, 0.4) is 0 Å². The van der Waals surface area contributed by atoms with Crippen LogP contribution in [0.15, 0.2) is 46.4 Å². The van der Waals surface area contributed by atoms with Crippen molar-refractivity contribution in [1.82, 2.24) is 20.4 Å². The van der Waals surface area contributed by atoms with E-state index < -0.39 is 0 Å².